The van der Waals surface area contributed by atoms with Gasteiger partial charge in [-0.25, -0.2) is 4.98 Å². The van der Waals surface area contributed by atoms with Gasteiger partial charge in [-0.2, -0.15) is 0 Å². The van der Waals surface area contributed by atoms with Gasteiger partial charge in [-0.3, -0.25) is 4.79 Å². The summed E-state index contributed by atoms with van der Waals surface area (Å²) >= 11 is 6.31. The number of halogens is 1. The zero-order valence-electron chi connectivity index (χ0n) is 14.9. The second kappa shape index (κ2) is 7.58. The van der Waals surface area contributed by atoms with E-state index in [0.717, 1.165) is 12.0 Å². The van der Waals surface area contributed by atoms with Crippen LogP contribution < -0.4 is 5.32 Å². The third kappa shape index (κ3) is 4.05. The first kappa shape index (κ1) is 18.0. The lowest BCUT2D eigenvalue weighted by Crippen LogP contribution is -2.48. The highest BCUT2D eigenvalue weighted by atomic mass is 35.5. The molecule has 1 fully saturated rings. The van der Waals surface area contributed by atoms with E-state index in [2.05, 4.69) is 24.1 Å². The summed E-state index contributed by atoms with van der Waals surface area (Å²) in [6.45, 7) is 7.95. The summed E-state index contributed by atoms with van der Waals surface area (Å²) in [6, 6.07) is 7.76. The molecule has 2 heterocycles. The molecule has 25 heavy (non-hydrogen) atoms. The number of benzene rings is 1. The molecule has 1 saturated heterocycles. The quantitative estimate of drug-likeness (QED) is 0.903. The predicted octanol–water partition coefficient (Wildman–Crippen LogP) is 3.62. The van der Waals surface area contributed by atoms with E-state index in [1.165, 1.54) is 0 Å². The number of rotatable bonds is 4. The van der Waals surface area contributed by atoms with Crippen molar-refractivity contribution >= 4 is 17.5 Å². The molecule has 0 bridgehead atoms. The maximum atomic E-state index is 12.9. The fraction of sp³-hybridized carbons (Fsp3) is 0.474. The molecule has 0 spiro atoms. The Balaban J connectivity index is 1.76. The Bertz CT molecular complexity index is 757. The van der Waals surface area contributed by atoms with Crippen LogP contribution >= 0.6 is 11.6 Å². The Morgan fingerprint density at radius 1 is 1.44 bits per heavy atom. The zero-order chi connectivity index (χ0) is 18.0. The van der Waals surface area contributed by atoms with E-state index in [0.29, 0.717) is 47.9 Å². The lowest BCUT2D eigenvalue weighted by Gasteiger charge is -2.33. The molecule has 1 unspecified atom stereocenters. The van der Waals surface area contributed by atoms with Crippen molar-refractivity contribution in [1.29, 1.82) is 0 Å². The smallest absolute Gasteiger partial charge is 0.291 e. The largest absolute Gasteiger partial charge is 0.435 e. The van der Waals surface area contributed by atoms with Crippen LogP contribution in [-0.2, 0) is 6.42 Å². The van der Waals surface area contributed by atoms with Gasteiger partial charge >= 0.3 is 0 Å². The average Bonchev–Trinajstić information content (AvgIpc) is 2.94. The summed E-state index contributed by atoms with van der Waals surface area (Å²) in [4.78, 5) is 19.1. The number of oxazole rings is 1. The number of nitrogens with one attached hydrogen (secondary N) is 1. The highest BCUT2D eigenvalue weighted by Gasteiger charge is 2.29. The number of piperazine rings is 1. The van der Waals surface area contributed by atoms with E-state index in [-0.39, 0.29) is 11.9 Å². The molecule has 134 valence electrons. The molecule has 1 aromatic carbocycles. The summed E-state index contributed by atoms with van der Waals surface area (Å²) in [5, 5.41) is 4.15. The number of hydrogen-bond donors (Lipinski definition) is 1. The van der Waals surface area contributed by atoms with Gasteiger partial charge < -0.3 is 14.6 Å². The van der Waals surface area contributed by atoms with Crippen LogP contribution in [-0.4, -0.2) is 35.4 Å². The van der Waals surface area contributed by atoms with E-state index in [1.807, 2.05) is 36.1 Å². The molecule has 2 aromatic rings. The molecular formula is C19H24ClN3O2. The van der Waals surface area contributed by atoms with Crippen molar-refractivity contribution in [2.75, 3.05) is 19.6 Å². The van der Waals surface area contributed by atoms with Gasteiger partial charge in [0.1, 0.15) is 0 Å². The summed E-state index contributed by atoms with van der Waals surface area (Å²) < 4.78 is 5.76. The van der Waals surface area contributed by atoms with E-state index >= 15 is 0 Å². The third-order valence-corrected chi connectivity index (χ3v) is 4.71. The van der Waals surface area contributed by atoms with Crippen LogP contribution in [0, 0.1) is 12.8 Å². The van der Waals surface area contributed by atoms with Crippen LogP contribution in [0.4, 0.5) is 0 Å². The predicted molar refractivity (Wildman–Crippen MR) is 97.9 cm³/mol. The highest BCUT2D eigenvalue weighted by molar-refractivity contribution is 6.31. The van der Waals surface area contributed by atoms with Crippen LogP contribution in [0.1, 0.15) is 47.6 Å². The van der Waals surface area contributed by atoms with E-state index in [4.69, 9.17) is 16.0 Å². The fourth-order valence-corrected chi connectivity index (χ4v) is 3.40. The van der Waals surface area contributed by atoms with E-state index in [1.54, 1.807) is 0 Å². The number of amides is 1. The summed E-state index contributed by atoms with van der Waals surface area (Å²) in [7, 11) is 0. The first-order valence-electron chi connectivity index (χ1n) is 8.69. The van der Waals surface area contributed by atoms with Gasteiger partial charge in [0.05, 0.1) is 11.7 Å². The minimum absolute atomic E-state index is 0.0183. The average molecular weight is 362 g/mol. The summed E-state index contributed by atoms with van der Waals surface area (Å²) in [6.07, 6.45) is 0.734. The van der Waals surface area contributed by atoms with Crippen LogP contribution in [0.3, 0.4) is 0 Å². The number of nitrogens with zero attached hydrogens (tertiary/aromatic N) is 2. The Hall–Kier alpha value is -1.85. The molecule has 1 aromatic heterocycles. The molecule has 1 amide bonds. The maximum Gasteiger partial charge on any atom is 0.291 e. The van der Waals surface area contributed by atoms with Crippen molar-refractivity contribution in [3.8, 4) is 0 Å². The van der Waals surface area contributed by atoms with Crippen molar-refractivity contribution in [3.05, 3.63) is 52.2 Å². The van der Waals surface area contributed by atoms with Crippen LogP contribution in [0.5, 0.6) is 0 Å². The van der Waals surface area contributed by atoms with E-state index < -0.39 is 0 Å². The van der Waals surface area contributed by atoms with Crippen LogP contribution in [0.25, 0.3) is 0 Å². The second-order valence-electron chi connectivity index (χ2n) is 6.90. The van der Waals surface area contributed by atoms with Gasteiger partial charge in [-0.1, -0.05) is 43.6 Å². The van der Waals surface area contributed by atoms with Crippen molar-refractivity contribution < 1.29 is 9.21 Å². The topological polar surface area (TPSA) is 58.4 Å². The first-order chi connectivity index (χ1) is 12.0. The van der Waals surface area contributed by atoms with Crippen LogP contribution in [0.15, 0.2) is 28.7 Å². The number of aromatic nitrogens is 1. The Kier molecular flexibility index (Phi) is 5.45. The highest BCUT2D eigenvalue weighted by Crippen LogP contribution is 2.26. The van der Waals surface area contributed by atoms with Crippen LogP contribution in [0.2, 0.25) is 5.02 Å². The lowest BCUT2D eigenvalue weighted by atomic mass is 10.0. The first-order valence-corrected chi connectivity index (χ1v) is 9.07. The molecule has 1 atom stereocenters. The Labute approximate surface area is 153 Å². The lowest BCUT2D eigenvalue weighted by molar-refractivity contribution is 0.0667. The Morgan fingerprint density at radius 2 is 2.20 bits per heavy atom. The van der Waals surface area contributed by atoms with Crippen molar-refractivity contribution in [2.45, 2.75) is 33.2 Å². The molecule has 0 saturated carbocycles. The standard InChI is InChI=1S/C19H24ClN3O2/c1-12(2)10-17-22-13(3)18(25-17)19(24)23-9-8-21-16(11-23)14-6-4-5-7-15(14)20/h4-7,12,16,21H,8-11H2,1-3H3. The number of hydrogen-bond acceptors (Lipinski definition) is 4. The zero-order valence-corrected chi connectivity index (χ0v) is 15.6. The van der Waals surface area contributed by atoms with Crippen molar-refractivity contribution in [2.24, 2.45) is 5.92 Å². The van der Waals surface area contributed by atoms with Gasteiger partial charge in [-0.05, 0) is 24.5 Å². The fourth-order valence-electron chi connectivity index (χ4n) is 3.13. The molecule has 6 heteroatoms. The molecule has 0 aliphatic carbocycles. The molecular weight excluding hydrogens is 338 g/mol. The molecule has 1 N–H and O–H groups in total. The minimum Gasteiger partial charge on any atom is -0.435 e. The van der Waals surface area contributed by atoms with Crippen molar-refractivity contribution in [1.82, 2.24) is 15.2 Å². The number of carbonyl (C=O) groups excluding carboxylic acids is 1. The molecule has 1 aliphatic heterocycles. The normalized spacial score (nSPS) is 18.0. The number of carbonyl (C=O) groups is 1. The van der Waals surface area contributed by atoms with Crippen molar-refractivity contribution in [3.63, 3.8) is 0 Å². The van der Waals surface area contributed by atoms with E-state index in [9.17, 15) is 4.79 Å². The number of aryl methyl sites for hydroxylation is 1. The molecule has 1 aliphatic rings. The summed E-state index contributed by atoms with van der Waals surface area (Å²) in [5.41, 5.74) is 1.67. The molecule has 3 rings (SSSR count). The van der Waals surface area contributed by atoms with Gasteiger partial charge in [0, 0.05) is 31.1 Å². The van der Waals surface area contributed by atoms with Gasteiger partial charge in [0.25, 0.3) is 5.91 Å². The monoisotopic (exact) mass is 361 g/mol. The molecule has 5 nitrogen and oxygen atoms in total. The third-order valence-electron chi connectivity index (χ3n) is 4.36. The SMILES string of the molecule is Cc1nc(CC(C)C)oc1C(=O)N1CCNC(c2ccccc2Cl)C1. The Morgan fingerprint density at radius 3 is 2.92 bits per heavy atom. The van der Waals surface area contributed by atoms with Gasteiger partial charge in [0.15, 0.2) is 5.89 Å². The van der Waals surface area contributed by atoms with Gasteiger partial charge in [0.2, 0.25) is 5.76 Å². The maximum absolute atomic E-state index is 12.9. The second-order valence-corrected chi connectivity index (χ2v) is 7.31. The summed E-state index contributed by atoms with van der Waals surface area (Å²) in [5.74, 6) is 1.33. The molecule has 0 radical (unpaired) electrons. The minimum atomic E-state index is -0.0986. The van der Waals surface area contributed by atoms with Gasteiger partial charge in [-0.15, -0.1) is 0 Å².